The minimum Gasteiger partial charge on any atom is -0.396 e. The molecule has 5 nitrogen and oxygen atoms in total. The molecule has 1 amide bonds. The number of carbonyl (C=O) groups is 1. The number of H-pyrrole nitrogens is 1. The average Bonchev–Trinajstić information content (AvgIpc) is 2.91. The minimum atomic E-state index is -0.0272. The van der Waals surface area contributed by atoms with Crippen LogP contribution in [0.3, 0.4) is 0 Å². The third-order valence-electron chi connectivity index (χ3n) is 4.02. The molecule has 1 aliphatic heterocycles. The van der Waals surface area contributed by atoms with E-state index in [2.05, 4.69) is 10.2 Å². The number of fused-ring (bicyclic) bond motifs is 1. The van der Waals surface area contributed by atoms with Crippen LogP contribution >= 0.6 is 0 Å². The molecule has 0 radical (unpaired) electrons. The number of piperidine rings is 1. The number of rotatable bonds is 3. The number of aromatic amines is 1. The van der Waals surface area contributed by atoms with Gasteiger partial charge in [0, 0.05) is 24.6 Å². The Bertz CT molecular complexity index is 606. The predicted molar refractivity (Wildman–Crippen MR) is 76.5 cm³/mol. The summed E-state index contributed by atoms with van der Waals surface area (Å²) in [7, 11) is 0. The maximum atomic E-state index is 12.7. The van der Waals surface area contributed by atoms with Gasteiger partial charge in [-0.15, -0.1) is 0 Å². The summed E-state index contributed by atoms with van der Waals surface area (Å²) >= 11 is 0. The average molecular weight is 273 g/mol. The second-order valence-corrected chi connectivity index (χ2v) is 5.28. The van der Waals surface area contributed by atoms with Crippen LogP contribution in [-0.4, -0.2) is 45.3 Å². The number of aliphatic hydroxyl groups excluding tert-OH is 1. The number of carbonyl (C=O) groups excluding carboxylic acids is 1. The molecule has 20 heavy (non-hydrogen) atoms. The van der Waals surface area contributed by atoms with Crippen LogP contribution in [0, 0.1) is 0 Å². The molecule has 1 fully saturated rings. The molecular weight excluding hydrogens is 254 g/mol. The summed E-state index contributed by atoms with van der Waals surface area (Å²) in [4.78, 5) is 14.6. The number of likely N-dealkylation sites (tertiary alicyclic amines) is 1. The quantitative estimate of drug-likeness (QED) is 0.898. The van der Waals surface area contributed by atoms with E-state index in [4.69, 9.17) is 5.11 Å². The molecule has 2 N–H and O–H groups in total. The lowest BCUT2D eigenvalue weighted by molar-refractivity contribution is 0.0570. The molecule has 1 atom stereocenters. The van der Waals surface area contributed by atoms with Gasteiger partial charge in [0.05, 0.1) is 5.52 Å². The lowest BCUT2D eigenvalue weighted by Crippen LogP contribution is -2.44. The monoisotopic (exact) mass is 273 g/mol. The SMILES string of the molecule is O=C(c1n[nH]c2ccccc12)N1CCCCC1CCO. The van der Waals surface area contributed by atoms with Gasteiger partial charge >= 0.3 is 0 Å². The molecule has 5 heteroatoms. The first-order valence-electron chi connectivity index (χ1n) is 7.16. The summed E-state index contributed by atoms with van der Waals surface area (Å²) < 4.78 is 0. The molecule has 106 valence electrons. The van der Waals surface area contributed by atoms with E-state index in [0.29, 0.717) is 12.1 Å². The van der Waals surface area contributed by atoms with Crippen molar-refractivity contribution < 1.29 is 9.90 Å². The summed E-state index contributed by atoms with van der Waals surface area (Å²) in [5, 5.41) is 17.1. The zero-order chi connectivity index (χ0) is 13.9. The number of hydrogen-bond acceptors (Lipinski definition) is 3. The van der Waals surface area contributed by atoms with Crippen LogP contribution in [-0.2, 0) is 0 Å². The lowest BCUT2D eigenvalue weighted by Gasteiger charge is -2.35. The molecule has 3 rings (SSSR count). The van der Waals surface area contributed by atoms with E-state index in [1.807, 2.05) is 29.2 Å². The first kappa shape index (κ1) is 13.1. The molecular formula is C15H19N3O2. The second-order valence-electron chi connectivity index (χ2n) is 5.28. The first-order chi connectivity index (χ1) is 9.81. The number of nitrogens with zero attached hydrogens (tertiary/aromatic N) is 2. The molecule has 1 aromatic heterocycles. The Balaban J connectivity index is 1.90. The van der Waals surface area contributed by atoms with E-state index in [1.165, 1.54) is 0 Å². The Morgan fingerprint density at radius 1 is 1.40 bits per heavy atom. The molecule has 1 unspecified atom stereocenters. The van der Waals surface area contributed by atoms with Crippen molar-refractivity contribution in [3.63, 3.8) is 0 Å². The fourth-order valence-corrected chi connectivity index (χ4v) is 2.98. The molecule has 0 aliphatic carbocycles. The van der Waals surface area contributed by atoms with Crippen molar-refractivity contribution in [1.82, 2.24) is 15.1 Å². The minimum absolute atomic E-state index is 0.0272. The van der Waals surface area contributed by atoms with Gasteiger partial charge in [-0.2, -0.15) is 5.10 Å². The molecule has 2 heterocycles. The number of para-hydroxylation sites is 1. The smallest absolute Gasteiger partial charge is 0.275 e. The maximum absolute atomic E-state index is 12.7. The van der Waals surface area contributed by atoms with Crippen molar-refractivity contribution in [3.8, 4) is 0 Å². The Morgan fingerprint density at radius 2 is 2.25 bits per heavy atom. The number of aliphatic hydroxyl groups is 1. The van der Waals surface area contributed by atoms with Gasteiger partial charge in [-0.1, -0.05) is 18.2 Å². The first-order valence-corrected chi connectivity index (χ1v) is 7.16. The summed E-state index contributed by atoms with van der Waals surface area (Å²) in [6.45, 7) is 0.875. The largest absolute Gasteiger partial charge is 0.396 e. The van der Waals surface area contributed by atoms with Gasteiger partial charge in [0.25, 0.3) is 5.91 Å². The Labute approximate surface area is 117 Å². The van der Waals surface area contributed by atoms with Gasteiger partial charge in [-0.25, -0.2) is 0 Å². The van der Waals surface area contributed by atoms with Crippen molar-refractivity contribution in [2.45, 2.75) is 31.7 Å². The summed E-state index contributed by atoms with van der Waals surface area (Å²) in [6.07, 6.45) is 3.76. The number of amides is 1. The van der Waals surface area contributed by atoms with Gasteiger partial charge in [0.2, 0.25) is 0 Å². The van der Waals surface area contributed by atoms with E-state index in [9.17, 15) is 4.79 Å². The highest BCUT2D eigenvalue weighted by atomic mass is 16.3. The summed E-state index contributed by atoms with van der Waals surface area (Å²) in [6, 6.07) is 7.80. The zero-order valence-corrected chi connectivity index (χ0v) is 11.4. The van der Waals surface area contributed by atoms with Crippen LogP contribution in [0.1, 0.15) is 36.2 Å². The number of aromatic nitrogens is 2. The third kappa shape index (κ3) is 2.29. The number of benzene rings is 1. The van der Waals surface area contributed by atoms with E-state index >= 15 is 0 Å². The van der Waals surface area contributed by atoms with Crippen molar-refractivity contribution in [2.24, 2.45) is 0 Å². The Kier molecular flexibility index (Phi) is 3.69. The standard InChI is InChI=1S/C15H19N3O2/c19-10-8-11-5-3-4-9-18(11)15(20)14-12-6-1-2-7-13(12)16-17-14/h1-2,6-7,11,19H,3-5,8-10H2,(H,16,17). The van der Waals surface area contributed by atoms with Gasteiger partial charge in [0.1, 0.15) is 0 Å². The van der Waals surface area contributed by atoms with Gasteiger partial charge in [-0.05, 0) is 31.7 Å². The molecule has 1 saturated heterocycles. The van der Waals surface area contributed by atoms with Crippen LogP contribution in [0.15, 0.2) is 24.3 Å². The third-order valence-corrected chi connectivity index (χ3v) is 4.02. The van der Waals surface area contributed by atoms with E-state index in [0.717, 1.165) is 36.7 Å². The van der Waals surface area contributed by atoms with Gasteiger partial charge < -0.3 is 10.0 Å². The van der Waals surface area contributed by atoms with E-state index in [-0.39, 0.29) is 18.6 Å². The Morgan fingerprint density at radius 3 is 3.10 bits per heavy atom. The lowest BCUT2D eigenvalue weighted by atomic mass is 9.99. The molecule has 0 saturated carbocycles. The fraction of sp³-hybridized carbons (Fsp3) is 0.467. The van der Waals surface area contributed by atoms with Crippen LogP contribution in [0.2, 0.25) is 0 Å². The highest BCUT2D eigenvalue weighted by Gasteiger charge is 2.29. The van der Waals surface area contributed by atoms with Crippen LogP contribution in [0.5, 0.6) is 0 Å². The number of nitrogens with one attached hydrogen (secondary N) is 1. The summed E-state index contributed by atoms with van der Waals surface area (Å²) in [5.74, 6) is -0.0272. The molecule has 1 aromatic carbocycles. The van der Waals surface area contributed by atoms with Crippen LogP contribution < -0.4 is 0 Å². The Hall–Kier alpha value is -1.88. The highest BCUT2D eigenvalue weighted by Crippen LogP contribution is 2.24. The predicted octanol–water partition coefficient (Wildman–Crippen LogP) is 1.94. The van der Waals surface area contributed by atoms with E-state index < -0.39 is 0 Å². The van der Waals surface area contributed by atoms with Gasteiger partial charge in [-0.3, -0.25) is 9.89 Å². The van der Waals surface area contributed by atoms with Crippen molar-refractivity contribution in [1.29, 1.82) is 0 Å². The normalized spacial score (nSPS) is 19.4. The van der Waals surface area contributed by atoms with Crippen molar-refractivity contribution in [2.75, 3.05) is 13.2 Å². The van der Waals surface area contributed by atoms with Crippen molar-refractivity contribution >= 4 is 16.8 Å². The van der Waals surface area contributed by atoms with E-state index in [1.54, 1.807) is 0 Å². The topological polar surface area (TPSA) is 69.2 Å². The maximum Gasteiger partial charge on any atom is 0.275 e. The van der Waals surface area contributed by atoms with Crippen LogP contribution in [0.25, 0.3) is 10.9 Å². The zero-order valence-electron chi connectivity index (χ0n) is 11.4. The van der Waals surface area contributed by atoms with Crippen LogP contribution in [0.4, 0.5) is 0 Å². The highest BCUT2D eigenvalue weighted by molar-refractivity contribution is 6.04. The molecule has 0 spiro atoms. The number of hydrogen-bond donors (Lipinski definition) is 2. The fourth-order valence-electron chi connectivity index (χ4n) is 2.98. The molecule has 0 bridgehead atoms. The van der Waals surface area contributed by atoms with Crippen molar-refractivity contribution in [3.05, 3.63) is 30.0 Å². The van der Waals surface area contributed by atoms with Gasteiger partial charge in [0.15, 0.2) is 5.69 Å². The molecule has 2 aromatic rings. The summed E-state index contributed by atoms with van der Waals surface area (Å²) in [5.41, 5.74) is 1.37. The molecule has 1 aliphatic rings. The second kappa shape index (κ2) is 5.63.